The first-order valence-corrected chi connectivity index (χ1v) is 7.55. The van der Waals surface area contributed by atoms with Gasteiger partial charge >= 0.3 is 0 Å². The van der Waals surface area contributed by atoms with E-state index >= 15 is 0 Å². The Bertz CT molecular complexity index is 915. The normalized spacial score (nSPS) is 11.2. The highest BCUT2D eigenvalue weighted by molar-refractivity contribution is 6.37. The van der Waals surface area contributed by atoms with Crippen LogP contribution in [0.25, 0.3) is 23.1 Å². The second kappa shape index (κ2) is 6.41. The first-order valence-electron chi connectivity index (χ1n) is 6.79. The summed E-state index contributed by atoms with van der Waals surface area (Å²) in [6, 6.07) is 13.7. The molecule has 1 heterocycles. The van der Waals surface area contributed by atoms with Crippen LogP contribution >= 0.6 is 23.2 Å². The molecule has 0 bridgehead atoms. The van der Waals surface area contributed by atoms with E-state index in [4.69, 9.17) is 23.2 Å². The first-order chi connectivity index (χ1) is 11.1. The number of carbonyl (C=O) groups is 1. The van der Waals surface area contributed by atoms with E-state index in [0.717, 1.165) is 0 Å². The summed E-state index contributed by atoms with van der Waals surface area (Å²) in [5.74, 6) is -1.24. The molecule has 0 saturated carbocycles. The number of fused-ring (bicyclic) bond motifs is 1. The van der Waals surface area contributed by atoms with Crippen LogP contribution in [0.5, 0.6) is 0 Å². The van der Waals surface area contributed by atoms with Gasteiger partial charge in [0.25, 0.3) is 0 Å². The van der Waals surface area contributed by atoms with Gasteiger partial charge in [0.05, 0.1) is 17.2 Å². The third-order valence-electron chi connectivity index (χ3n) is 3.38. The van der Waals surface area contributed by atoms with Crippen molar-refractivity contribution in [2.75, 3.05) is 0 Å². The number of pyridine rings is 1. The zero-order valence-electron chi connectivity index (χ0n) is 11.8. The zero-order valence-corrected chi connectivity index (χ0v) is 13.3. The van der Waals surface area contributed by atoms with Gasteiger partial charge in [-0.1, -0.05) is 47.5 Å². The van der Waals surface area contributed by atoms with Crippen LogP contribution in [-0.4, -0.2) is 11.0 Å². The average molecular weight is 343 g/mol. The minimum absolute atomic E-state index is 0.0977. The average Bonchev–Trinajstić information content (AvgIpc) is 2.53. The summed E-state index contributed by atoms with van der Waals surface area (Å²) in [5.41, 5.74) is 1.82. The van der Waals surface area contributed by atoms with E-state index in [2.05, 4.69) is 4.98 Å². The van der Waals surface area contributed by atoms with Gasteiger partial charge in [-0.3, -0.25) is 0 Å². The van der Waals surface area contributed by atoms with Crippen molar-refractivity contribution in [3.05, 3.63) is 75.4 Å². The van der Waals surface area contributed by atoms with Crippen LogP contribution in [-0.2, 0) is 0 Å². The molecule has 1 aromatic heterocycles. The second-order valence-electron chi connectivity index (χ2n) is 4.87. The summed E-state index contributed by atoms with van der Waals surface area (Å²) in [6.45, 7) is 0. The van der Waals surface area contributed by atoms with Gasteiger partial charge in [0.1, 0.15) is 0 Å². The quantitative estimate of drug-likeness (QED) is 0.720. The summed E-state index contributed by atoms with van der Waals surface area (Å²) in [7, 11) is 0. The Balaban J connectivity index is 2.10. The monoisotopic (exact) mass is 342 g/mol. The SMILES string of the molecule is O=C([O-])c1cc(/C=C/c2c(Cl)cccc2Cl)nc2ccccc12. The molecular formula is C18H10Cl2NO2-. The van der Waals surface area contributed by atoms with Crippen molar-refractivity contribution in [3.63, 3.8) is 0 Å². The molecular weight excluding hydrogens is 333 g/mol. The number of nitrogens with zero attached hydrogens (tertiary/aromatic N) is 1. The van der Waals surface area contributed by atoms with Gasteiger partial charge in [-0.05, 0) is 36.4 Å². The highest BCUT2D eigenvalue weighted by Gasteiger charge is 2.06. The molecule has 23 heavy (non-hydrogen) atoms. The number of aromatic carboxylic acids is 1. The Morgan fingerprint density at radius 2 is 1.70 bits per heavy atom. The lowest BCUT2D eigenvalue weighted by molar-refractivity contribution is -0.254. The summed E-state index contributed by atoms with van der Waals surface area (Å²) >= 11 is 12.2. The number of rotatable bonds is 3. The second-order valence-corrected chi connectivity index (χ2v) is 5.68. The number of hydrogen-bond acceptors (Lipinski definition) is 3. The van der Waals surface area contributed by atoms with E-state index in [9.17, 15) is 9.90 Å². The zero-order chi connectivity index (χ0) is 16.4. The van der Waals surface area contributed by atoms with Crippen molar-refractivity contribution in [2.45, 2.75) is 0 Å². The standard InChI is InChI=1S/C18H11Cl2NO2/c19-15-5-3-6-16(20)13(15)9-8-11-10-14(18(22)23)12-4-1-2-7-17(12)21-11/h1-10H,(H,22,23)/p-1/b9-8+. The van der Waals surface area contributed by atoms with E-state index in [1.807, 2.05) is 0 Å². The lowest BCUT2D eigenvalue weighted by Crippen LogP contribution is -2.22. The molecule has 3 rings (SSSR count). The Morgan fingerprint density at radius 1 is 1.00 bits per heavy atom. The number of carbonyl (C=O) groups excluding carboxylic acids is 1. The number of aromatic nitrogens is 1. The van der Waals surface area contributed by atoms with Gasteiger partial charge in [-0.2, -0.15) is 0 Å². The maximum atomic E-state index is 11.3. The van der Waals surface area contributed by atoms with Crippen LogP contribution in [0.3, 0.4) is 0 Å². The molecule has 3 nitrogen and oxygen atoms in total. The molecule has 0 aliphatic rings. The van der Waals surface area contributed by atoms with Crippen molar-refractivity contribution in [1.29, 1.82) is 0 Å². The number of para-hydroxylation sites is 1. The number of hydrogen-bond donors (Lipinski definition) is 0. The van der Waals surface area contributed by atoms with Gasteiger partial charge in [0, 0.05) is 26.6 Å². The fourth-order valence-electron chi connectivity index (χ4n) is 2.29. The van der Waals surface area contributed by atoms with E-state index < -0.39 is 5.97 Å². The Hall–Kier alpha value is -2.36. The van der Waals surface area contributed by atoms with Gasteiger partial charge < -0.3 is 9.90 Å². The summed E-state index contributed by atoms with van der Waals surface area (Å²) in [4.78, 5) is 15.8. The maximum absolute atomic E-state index is 11.3. The number of carboxylic acids is 1. The summed E-state index contributed by atoms with van der Waals surface area (Å²) in [5, 5.41) is 12.9. The molecule has 0 fully saturated rings. The lowest BCUT2D eigenvalue weighted by Gasteiger charge is -2.08. The Kier molecular flexibility index (Phi) is 4.33. The molecule has 0 atom stereocenters. The van der Waals surface area contributed by atoms with Crippen LogP contribution in [0.2, 0.25) is 10.0 Å². The molecule has 0 radical (unpaired) electrons. The Morgan fingerprint density at radius 3 is 2.39 bits per heavy atom. The van der Waals surface area contributed by atoms with Gasteiger partial charge in [-0.25, -0.2) is 4.98 Å². The van der Waals surface area contributed by atoms with Crippen molar-refractivity contribution in [3.8, 4) is 0 Å². The van der Waals surface area contributed by atoms with Crippen LogP contribution < -0.4 is 5.11 Å². The molecule has 0 unspecified atom stereocenters. The number of halogens is 2. The molecule has 2 aromatic carbocycles. The molecule has 0 N–H and O–H groups in total. The van der Waals surface area contributed by atoms with Crippen LogP contribution in [0.4, 0.5) is 0 Å². The topological polar surface area (TPSA) is 53.0 Å². The van der Waals surface area contributed by atoms with Gasteiger partial charge in [-0.15, -0.1) is 0 Å². The molecule has 0 aliphatic heterocycles. The van der Waals surface area contributed by atoms with Crippen LogP contribution in [0, 0.1) is 0 Å². The van der Waals surface area contributed by atoms with Crippen molar-refractivity contribution in [2.24, 2.45) is 0 Å². The molecule has 3 aromatic rings. The van der Waals surface area contributed by atoms with Crippen LogP contribution in [0.15, 0.2) is 48.5 Å². The van der Waals surface area contributed by atoms with E-state index in [0.29, 0.717) is 32.2 Å². The number of benzene rings is 2. The predicted molar refractivity (Wildman–Crippen MR) is 91.5 cm³/mol. The van der Waals surface area contributed by atoms with Crippen LogP contribution in [0.1, 0.15) is 21.6 Å². The van der Waals surface area contributed by atoms with Crippen molar-refractivity contribution >= 4 is 52.2 Å². The first kappa shape index (κ1) is 15.5. The highest BCUT2D eigenvalue weighted by atomic mass is 35.5. The minimum atomic E-state index is -1.24. The van der Waals surface area contributed by atoms with E-state index in [-0.39, 0.29) is 5.56 Å². The molecule has 0 spiro atoms. The molecule has 0 amide bonds. The van der Waals surface area contributed by atoms with Gasteiger partial charge in [0.2, 0.25) is 0 Å². The third kappa shape index (κ3) is 3.21. The Labute approximate surface area is 142 Å². The van der Waals surface area contributed by atoms with Crippen molar-refractivity contribution in [1.82, 2.24) is 4.98 Å². The van der Waals surface area contributed by atoms with E-state index in [1.54, 1.807) is 54.6 Å². The van der Waals surface area contributed by atoms with Gasteiger partial charge in [0.15, 0.2) is 0 Å². The lowest BCUT2D eigenvalue weighted by atomic mass is 10.1. The molecule has 114 valence electrons. The smallest absolute Gasteiger partial charge is 0.0722 e. The maximum Gasteiger partial charge on any atom is 0.0722 e. The fourth-order valence-corrected chi connectivity index (χ4v) is 2.81. The molecule has 0 aliphatic carbocycles. The minimum Gasteiger partial charge on any atom is -0.545 e. The number of carboxylic acid groups (broad SMARTS) is 1. The van der Waals surface area contributed by atoms with E-state index in [1.165, 1.54) is 6.07 Å². The summed E-state index contributed by atoms with van der Waals surface area (Å²) in [6.07, 6.45) is 3.38. The predicted octanol–water partition coefficient (Wildman–Crippen LogP) is 4.08. The fraction of sp³-hybridized carbons (Fsp3) is 0. The molecule has 5 heteroatoms. The van der Waals surface area contributed by atoms with Crippen molar-refractivity contribution < 1.29 is 9.90 Å². The molecule has 0 saturated heterocycles. The third-order valence-corrected chi connectivity index (χ3v) is 4.04. The largest absolute Gasteiger partial charge is 0.545 e. The summed E-state index contributed by atoms with van der Waals surface area (Å²) < 4.78 is 0. The highest BCUT2D eigenvalue weighted by Crippen LogP contribution is 2.26.